The normalized spacial score (nSPS) is 30.3. The standard InChI is InChI=1S/C11H18O5/c1-15-10(13)7-3-5-8(11(14)16-2)9(12)6-4-7/h7-9,12H,3-6H2,1-2H3/t7-,8+,9-/m0/s1. The average Bonchev–Trinajstić information content (AvgIpc) is 2.49. The summed E-state index contributed by atoms with van der Waals surface area (Å²) in [5, 5.41) is 9.77. The fraction of sp³-hybridized carbons (Fsp3) is 0.818. The number of aliphatic hydroxyl groups excluding tert-OH is 1. The number of carbonyl (C=O) groups excluding carboxylic acids is 2. The molecular weight excluding hydrogens is 212 g/mol. The van der Waals surface area contributed by atoms with Crippen molar-refractivity contribution in [3.63, 3.8) is 0 Å². The van der Waals surface area contributed by atoms with E-state index in [4.69, 9.17) is 0 Å². The smallest absolute Gasteiger partial charge is 0.311 e. The zero-order valence-corrected chi connectivity index (χ0v) is 9.64. The second-order valence-corrected chi connectivity index (χ2v) is 4.07. The van der Waals surface area contributed by atoms with Crippen molar-refractivity contribution in [3.8, 4) is 0 Å². The summed E-state index contributed by atoms with van der Waals surface area (Å²) >= 11 is 0. The van der Waals surface area contributed by atoms with Gasteiger partial charge < -0.3 is 14.6 Å². The second-order valence-electron chi connectivity index (χ2n) is 4.07. The molecule has 1 saturated carbocycles. The quantitative estimate of drug-likeness (QED) is 0.552. The number of rotatable bonds is 2. The van der Waals surface area contributed by atoms with Crippen molar-refractivity contribution in [2.24, 2.45) is 11.8 Å². The maximum absolute atomic E-state index is 11.4. The number of carbonyl (C=O) groups is 2. The predicted octanol–water partition coefficient (Wildman–Crippen LogP) is 0.500. The van der Waals surface area contributed by atoms with Crippen molar-refractivity contribution in [2.75, 3.05) is 14.2 Å². The van der Waals surface area contributed by atoms with Crippen molar-refractivity contribution in [1.82, 2.24) is 0 Å². The molecule has 1 aliphatic carbocycles. The van der Waals surface area contributed by atoms with Crippen LogP contribution in [-0.2, 0) is 19.1 Å². The minimum Gasteiger partial charge on any atom is -0.469 e. The van der Waals surface area contributed by atoms with Crippen LogP contribution in [0.5, 0.6) is 0 Å². The van der Waals surface area contributed by atoms with Crippen molar-refractivity contribution < 1.29 is 24.2 Å². The molecule has 0 aromatic rings. The second kappa shape index (κ2) is 5.84. The molecule has 92 valence electrons. The van der Waals surface area contributed by atoms with Gasteiger partial charge >= 0.3 is 11.9 Å². The monoisotopic (exact) mass is 230 g/mol. The summed E-state index contributed by atoms with van der Waals surface area (Å²) in [4.78, 5) is 22.7. The van der Waals surface area contributed by atoms with Gasteiger partial charge in [-0.2, -0.15) is 0 Å². The Morgan fingerprint density at radius 3 is 2.12 bits per heavy atom. The molecule has 1 aliphatic rings. The molecule has 0 amide bonds. The number of esters is 2. The zero-order chi connectivity index (χ0) is 12.1. The Bertz CT molecular complexity index is 263. The first-order chi connectivity index (χ1) is 7.60. The van der Waals surface area contributed by atoms with Crippen LogP contribution in [0.15, 0.2) is 0 Å². The van der Waals surface area contributed by atoms with Crippen LogP contribution in [0, 0.1) is 11.8 Å². The maximum Gasteiger partial charge on any atom is 0.311 e. The van der Waals surface area contributed by atoms with Gasteiger partial charge in [0.2, 0.25) is 0 Å². The summed E-state index contributed by atoms with van der Waals surface area (Å²) in [6.07, 6.45) is 1.29. The van der Waals surface area contributed by atoms with E-state index in [2.05, 4.69) is 9.47 Å². The van der Waals surface area contributed by atoms with Gasteiger partial charge in [0.1, 0.15) is 0 Å². The largest absolute Gasteiger partial charge is 0.469 e. The minimum absolute atomic E-state index is 0.214. The third-order valence-electron chi connectivity index (χ3n) is 3.14. The Morgan fingerprint density at radius 1 is 1.00 bits per heavy atom. The van der Waals surface area contributed by atoms with E-state index in [1.54, 1.807) is 0 Å². The molecule has 0 heterocycles. The average molecular weight is 230 g/mol. The molecular formula is C11H18O5. The first-order valence-electron chi connectivity index (χ1n) is 5.43. The number of methoxy groups -OCH3 is 2. The Morgan fingerprint density at radius 2 is 1.56 bits per heavy atom. The lowest BCUT2D eigenvalue weighted by molar-refractivity contribution is -0.150. The first kappa shape index (κ1) is 13.0. The molecule has 3 atom stereocenters. The van der Waals surface area contributed by atoms with Gasteiger partial charge in [0.15, 0.2) is 0 Å². The number of hydrogen-bond donors (Lipinski definition) is 1. The van der Waals surface area contributed by atoms with Crippen LogP contribution in [0.4, 0.5) is 0 Å². The topological polar surface area (TPSA) is 72.8 Å². The summed E-state index contributed by atoms with van der Waals surface area (Å²) in [5.74, 6) is -1.40. The minimum atomic E-state index is -0.720. The highest BCUT2D eigenvalue weighted by molar-refractivity contribution is 5.74. The lowest BCUT2D eigenvalue weighted by Crippen LogP contribution is -2.28. The summed E-state index contributed by atoms with van der Waals surface area (Å²) in [5.41, 5.74) is 0. The van der Waals surface area contributed by atoms with Gasteiger partial charge in [-0.3, -0.25) is 9.59 Å². The molecule has 0 spiro atoms. The molecule has 0 bridgehead atoms. The van der Waals surface area contributed by atoms with Crippen LogP contribution in [0.3, 0.4) is 0 Å². The van der Waals surface area contributed by atoms with Gasteiger partial charge in [-0.05, 0) is 25.7 Å². The fourth-order valence-corrected chi connectivity index (χ4v) is 2.12. The van der Waals surface area contributed by atoms with E-state index in [9.17, 15) is 14.7 Å². The molecule has 5 heteroatoms. The van der Waals surface area contributed by atoms with Crippen LogP contribution in [0.25, 0.3) is 0 Å². The molecule has 0 aliphatic heterocycles. The van der Waals surface area contributed by atoms with Crippen LogP contribution in [0.1, 0.15) is 25.7 Å². The summed E-state index contributed by atoms with van der Waals surface area (Å²) in [6, 6.07) is 0. The van der Waals surface area contributed by atoms with Gasteiger partial charge in [0.05, 0.1) is 32.2 Å². The van der Waals surface area contributed by atoms with Gasteiger partial charge in [-0.25, -0.2) is 0 Å². The molecule has 5 nitrogen and oxygen atoms in total. The van der Waals surface area contributed by atoms with Gasteiger partial charge in [-0.15, -0.1) is 0 Å². The zero-order valence-electron chi connectivity index (χ0n) is 9.64. The molecule has 0 aromatic carbocycles. The Kier molecular flexibility index (Phi) is 4.73. The summed E-state index contributed by atoms with van der Waals surface area (Å²) < 4.78 is 9.29. The van der Waals surface area contributed by atoms with Gasteiger partial charge in [0.25, 0.3) is 0 Å². The van der Waals surface area contributed by atoms with E-state index < -0.39 is 18.0 Å². The maximum atomic E-state index is 11.4. The molecule has 0 unspecified atom stereocenters. The fourth-order valence-electron chi connectivity index (χ4n) is 2.12. The Labute approximate surface area is 94.7 Å². The number of aliphatic hydroxyl groups is 1. The highest BCUT2D eigenvalue weighted by Gasteiger charge is 2.34. The number of ether oxygens (including phenoxy) is 2. The van der Waals surface area contributed by atoms with Crippen molar-refractivity contribution in [1.29, 1.82) is 0 Å². The Hall–Kier alpha value is -1.10. The van der Waals surface area contributed by atoms with Crippen LogP contribution < -0.4 is 0 Å². The predicted molar refractivity (Wildman–Crippen MR) is 55.5 cm³/mol. The molecule has 0 saturated heterocycles. The van der Waals surface area contributed by atoms with Gasteiger partial charge in [0, 0.05) is 0 Å². The highest BCUT2D eigenvalue weighted by Crippen LogP contribution is 2.29. The molecule has 0 radical (unpaired) electrons. The van der Waals surface area contributed by atoms with Crippen LogP contribution >= 0.6 is 0 Å². The third-order valence-corrected chi connectivity index (χ3v) is 3.14. The lowest BCUT2D eigenvalue weighted by atomic mass is 9.97. The SMILES string of the molecule is COC(=O)[C@@H]1CC[C@H](O)[C@H](C(=O)OC)CC1. The highest BCUT2D eigenvalue weighted by atomic mass is 16.5. The van der Waals surface area contributed by atoms with E-state index in [1.165, 1.54) is 14.2 Å². The van der Waals surface area contributed by atoms with E-state index in [1.807, 2.05) is 0 Å². The van der Waals surface area contributed by atoms with Crippen molar-refractivity contribution in [3.05, 3.63) is 0 Å². The first-order valence-corrected chi connectivity index (χ1v) is 5.43. The van der Waals surface area contributed by atoms with E-state index >= 15 is 0 Å². The molecule has 16 heavy (non-hydrogen) atoms. The third kappa shape index (κ3) is 2.95. The van der Waals surface area contributed by atoms with Gasteiger partial charge in [-0.1, -0.05) is 0 Å². The van der Waals surface area contributed by atoms with E-state index in [-0.39, 0.29) is 11.9 Å². The molecule has 0 aromatic heterocycles. The van der Waals surface area contributed by atoms with Crippen LogP contribution in [-0.4, -0.2) is 37.4 Å². The lowest BCUT2D eigenvalue weighted by Gasteiger charge is -2.16. The molecule has 1 fully saturated rings. The van der Waals surface area contributed by atoms with Crippen molar-refractivity contribution >= 4 is 11.9 Å². The summed E-state index contributed by atoms with van der Waals surface area (Å²) in [6.45, 7) is 0. The molecule has 1 rings (SSSR count). The summed E-state index contributed by atoms with van der Waals surface area (Å²) in [7, 11) is 2.65. The van der Waals surface area contributed by atoms with Crippen molar-refractivity contribution in [2.45, 2.75) is 31.8 Å². The molecule has 1 N–H and O–H groups in total. The van der Waals surface area contributed by atoms with E-state index in [0.29, 0.717) is 25.7 Å². The van der Waals surface area contributed by atoms with E-state index in [0.717, 1.165) is 0 Å². The van der Waals surface area contributed by atoms with Crippen LogP contribution in [0.2, 0.25) is 0 Å². The Balaban J connectivity index is 2.62. The number of hydrogen-bond acceptors (Lipinski definition) is 5.